The number of rotatable bonds is 2. The number of hydrogen-bond donors (Lipinski definition) is 2. The van der Waals surface area contributed by atoms with Gasteiger partial charge in [0.25, 0.3) is 5.91 Å². The van der Waals surface area contributed by atoms with Gasteiger partial charge in [-0.1, -0.05) is 37.9 Å². The second-order valence-corrected chi connectivity index (χ2v) is 5.94. The molecule has 0 aromatic heterocycles. The fraction of sp³-hybridized carbons (Fsp3) is 0. The maximum absolute atomic E-state index is 12.1. The van der Waals surface area contributed by atoms with Crippen molar-refractivity contribution in [1.29, 1.82) is 0 Å². The highest BCUT2D eigenvalue weighted by atomic mass is 79.9. The van der Waals surface area contributed by atoms with Crippen LogP contribution in [0.2, 0.25) is 0 Å². The van der Waals surface area contributed by atoms with Crippen LogP contribution in [0.5, 0.6) is 0 Å². The number of nitrogens with one attached hydrogen (secondary N) is 1. The van der Waals surface area contributed by atoms with Crippen LogP contribution in [0.1, 0.15) is 10.4 Å². The van der Waals surface area contributed by atoms with Crippen molar-refractivity contribution in [3.8, 4) is 0 Å². The summed E-state index contributed by atoms with van der Waals surface area (Å²) in [7, 11) is 0. The Morgan fingerprint density at radius 2 is 1.78 bits per heavy atom. The van der Waals surface area contributed by atoms with Gasteiger partial charge in [-0.05, 0) is 36.4 Å². The molecule has 0 bridgehead atoms. The molecule has 0 saturated carbocycles. The van der Waals surface area contributed by atoms with Gasteiger partial charge in [0.05, 0.1) is 5.56 Å². The van der Waals surface area contributed by atoms with Gasteiger partial charge in [0.1, 0.15) is 0 Å². The van der Waals surface area contributed by atoms with Crippen LogP contribution in [0.4, 0.5) is 5.69 Å². The Labute approximate surface area is 127 Å². The molecule has 0 aliphatic carbocycles. The number of halogens is 2. The van der Waals surface area contributed by atoms with Gasteiger partial charge in [0.2, 0.25) is 0 Å². The minimum Gasteiger partial charge on any atom is -0.322 e. The average Bonchev–Trinajstić information content (AvgIpc) is 2.28. The van der Waals surface area contributed by atoms with E-state index >= 15 is 0 Å². The summed E-state index contributed by atoms with van der Waals surface area (Å²) in [5.41, 5.74) is 1.28. The lowest BCUT2D eigenvalue weighted by molar-refractivity contribution is 0.102. The quantitative estimate of drug-likeness (QED) is 0.716. The molecule has 0 radical (unpaired) electrons. The number of amides is 1. The highest BCUT2D eigenvalue weighted by molar-refractivity contribution is 9.10. The summed E-state index contributed by atoms with van der Waals surface area (Å²) in [4.78, 5) is 12.7. The van der Waals surface area contributed by atoms with Gasteiger partial charge in [-0.15, -0.1) is 12.6 Å². The van der Waals surface area contributed by atoms with Crippen molar-refractivity contribution in [3.63, 3.8) is 0 Å². The van der Waals surface area contributed by atoms with Crippen molar-refractivity contribution >= 4 is 56.1 Å². The molecule has 2 nitrogen and oxygen atoms in total. The Kier molecular flexibility index (Phi) is 4.48. The van der Waals surface area contributed by atoms with E-state index in [0.717, 1.165) is 14.6 Å². The van der Waals surface area contributed by atoms with Crippen molar-refractivity contribution in [2.45, 2.75) is 4.90 Å². The smallest absolute Gasteiger partial charge is 0.256 e. The van der Waals surface area contributed by atoms with Gasteiger partial charge in [0.15, 0.2) is 0 Å². The highest BCUT2D eigenvalue weighted by Gasteiger charge is 2.10. The average molecular weight is 387 g/mol. The minimum atomic E-state index is -0.175. The van der Waals surface area contributed by atoms with Gasteiger partial charge < -0.3 is 5.32 Å². The van der Waals surface area contributed by atoms with E-state index in [0.29, 0.717) is 10.5 Å². The summed E-state index contributed by atoms with van der Waals surface area (Å²) in [6, 6.07) is 12.8. The SMILES string of the molecule is O=C(Nc1cccc(Br)c1)c1ccc(Br)cc1S. The number of benzene rings is 2. The molecule has 0 heterocycles. The molecule has 2 aromatic rings. The van der Waals surface area contributed by atoms with E-state index in [1.807, 2.05) is 30.3 Å². The molecule has 18 heavy (non-hydrogen) atoms. The van der Waals surface area contributed by atoms with Crippen LogP contribution in [0, 0.1) is 0 Å². The van der Waals surface area contributed by atoms with Gasteiger partial charge in [0, 0.05) is 19.5 Å². The van der Waals surface area contributed by atoms with E-state index in [1.54, 1.807) is 12.1 Å². The van der Waals surface area contributed by atoms with Crippen molar-refractivity contribution in [3.05, 3.63) is 57.0 Å². The lowest BCUT2D eigenvalue weighted by Crippen LogP contribution is -2.12. The van der Waals surface area contributed by atoms with Crippen LogP contribution < -0.4 is 5.32 Å². The van der Waals surface area contributed by atoms with Crippen molar-refractivity contribution < 1.29 is 4.79 Å². The lowest BCUT2D eigenvalue weighted by Gasteiger charge is -2.07. The van der Waals surface area contributed by atoms with Crippen LogP contribution in [0.15, 0.2) is 56.3 Å². The molecule has 0 aliphatic rings. The Morgan fingerprint density at radius 1 is 1.06 bits per heavy atom. The fourth-order valence-corrected chi connectivity index (χ4v) is 2.71. The molecular weight excluding hydrogens is 378 g/mol. The fourth-order valence-electron chi connectivity index (χ4n) is 1.46. The Balaban J connectivity index is 2.22. The summed E-state index contributed by atoms with van der Waals surface area (Å²) in [5.74, 6) is -0.175. The predicted octanol–water partition coefficient (Wildman–Crippen LogP) is 4.75. The van der Waals surface area contributed by atoms with Crippen LogP contribution in [-0.2, 0) is 0 Å². The van der Waals surface area contributed by atoms with Crippen LogP contribution in [0.25, 0.3) is 0 Å². The first-order valence-electron chi connectivity index (χ1n) is 5.12. The number of thiol groups is 1. The van der Waals surface area contributed by atoms with Crippen LogP contribution in [-0.4, -0.2) is 5.91 Å². The summed E-state index contributed by atoms with van der Waals surface area (Å²) >= 11 is 11.0. The largest absolute Gasteiger partial charge is 0.322 e. The third-order valence-corrected chi connectivity index (χ3v) is 3.64. The van der Waals surface area contributed by atoms with E-state index in [4.69, 9.17) is 0 Å². The van der Waals surface area contributed by atoms with Crippen molar-refractivity contribution in [1.82, 2.24) is 0 Å². The summed E-state index contributed by atoms with van der Waals surface area (Å²) in [5, 5.41) is 2.83. The first-order valence-corrected chi connectivity index (χ1v) is 7.15. The first-order chi connectivity index (χ1) is 8.56. The lowest BCUT2D eigenvalue weighted by atomic mass is 10.2. The third kappa shape index (κ3) is 3.37. The van der Waals surface area contributed by atoms with Gasteiger partial charge in [-0.25, -0.2) is 0 Å². The maximum atomic E-state index is 12.1. The zero-order chi connectivity index (χ0) is 13.1. The summed E-state index contributed by atoms with van der Waals surface area (Å²) in [6.07, 6.45) is 0. The second kappa shape index (κ2) is 5.91. The Bertz CT molecular complexity index is 601. The monoisotopic (exact) mass is 385 g/mol. The Morgan fingerprint density at radius 3 is 2.44 bits per heavy atom. The highest BCUT2D eigenvalue weighted by Crippen LogP contribution is 2.22. The number of carbonyl (C=O) groups excluding carboxylic acids is 1. The standard InChI is InChI=1S/C13H9Br2NOS/c14-8-2-1-3-10(6-8)16-13(17)11-5-4-9(15)7-12(11)18/h1-7,18H,(H,16,17). The molecule has 1 N–H and O–H groups in total. The zero-order valence-electron chi connectivity index (χ0n) is 9.15. The van der Waals surface area contributed by atoms with E-state index in [2.05, 4.69) is 49.8 Å². The molecular formula is C13H9Br2NOS. The number of carbonyl (C=O) groups is 1. The van der Waals surface area contributed by atoms with Crippen LogP contribution in [0.3, 0.4) is 0 Å². The molecule has 0 spiro atoms. The molecule has 5 heteroatoms. The zero-order valence-corrected chi connectivity index (χ0v) is 13.2. The summed E-state index contributed by atoms with van der Waals surface area (Å²) in [6.45, 7) is 0. The third-order valence-electron chi connectivity index (χ3n) is 2.29. The van der Waals surface area contributed by atoms with E-state index in [9.17, 15) is 4.79 Å². The maximum Gasteiger partial charge on any atom is 0.256 e. The second-order valence-electron chi connectivity index (χ2n) is 3.63. The molecule has 0 aliphatic heterocycles. The molecule has 0 unspecified atom stereocenters. The van der Waals surface area contributed by atoms with Gasteiger partial charge in [-0.2, -0.15) is 0 Å². The van der Waals surface area contributed by atoms with Gasteiger partial charge in [-0.3, -0.25) is 4.79 Å². The molecule has 2 rings (SSSR count). The number of anilines is 1. The summed E-state index contributed by atoms with van der Waals surface area (Å²) < 4.78 is 1.81. The number of hydrogen-bond acceptors (Lipinski definition) is 2. The first kappa shape index (κ1) is 13.6. The molecule has 2 aromatic carbocycles. The molecule has 1 amide bonds. The molecule has 0 atom stereocenters. The van der Waals surface area contributed by atoms with Crippen molar-refractivity contribution in [2.24, 2.45) is 0 Å². The van der Waals surface area contributed by atoms with E-state index < -0.39 is 0 Å². The predicted molar refractivity (Wildman–Crippen MR) is 83.5 cm³/mol. The topological polar surface area (TPSA) is 29.1 Å². The molecule has 0 saturated heterocycles. The molecule has 0 fully saturated rings. The minimum absolute atomic E-state index is 0.175. The van der Waals surface area contributed by atoms with Crippen molar-refractivity contribution in [2.75, 3.05) is 5.32 Å². The molecule has 92 valence electrons. The Hall–Kier alpha value is -0.780. The van der Waals surface area contributed by atoms with E-state index in [1.165, 1.54) is 0 Å². The normalized spacial score (nSPS) is 10.2. The van der Waals surface area contributed by atoms with Crippen LogP contribution >= 0.6 is 44.5 Å². The van der Waals surface area contributed by atoms with Gasteiger partial charge >= 0.3 is 0 Å². The van der Waals surface area contributed by atoms with E-state index in [-0.39, 0.29) is 5.91 Å².